The largest absolute Gasteiger partial charge is 0.373 e. The molecule has 0 aliphatic carbocycles. The lowest BCUT2D eigenvalue weighted by Gasteiger charge is -2.18. The molecule has 0 radical (unpaired) electrons. The molecule has 0 bridgehead atoms. The molecule has 0 saturated heterocycles. The van der Waals surface area contributed by atoms with Crippen LogP contribution in [0.1, 0.15) is 25.1 Å². The second kappa shape index (κ2) is 6.85. The number of aromatic nitrogens is 2. The molecule has 0 aliphatic heterocycles. The zero-order valence-electron chi connectivity index (χ0n) is 10.5. The molecule has 0 aromatic carbocycles. The monoisotopic (exact) mass is 283 g/mol. The Balaban J connectivity index is 2.47. The summed E-state index contributed by atoms with van der Waals surface area (Å²) in [6.45, 7) is 0.984. The molecule has 2 N–H and O–H groups in total. The second-order valence-electron chi connectivity index (χ2n) is 4.16. The summed E-state index contributed by atoms with van der Waals surface area (Å²) < 4.78 is 55.2. The van der Waals surface area contributed by atoms with Gasteiger partial charge in [-0.05, 0) is 12.5 Å². The highest BCUT2D eigenvalue weighted by Crippen LogP contribution is 2.23. The zero-order valence-corrected chi connectivity index (χ0v) is 10.5. The zero-order chi connectivity index (χ0) is 14.5. The summed E-state index contributed by atoms with van der Waals surface area (Å²) in [5.41, 5.74) is 6.38. The topological polar surface area (TPSA) is 53.1 Å². The number of nitrogens with zero attached hydrogens (tertiary/aromatic N) is 2. The lowest BCUT2D eigenvalue weighted by molar-refractivity contribution is -0.166. The molecule has 0 aliphatic rings. The molecule has 8 heteroatoms. The molecule has 0 saturated carbocycles. The number of halogens is 4. The van der Waals surface area contributed by atoms with Crippen LogP contribution in [0.5, 0.6) is 0 Å². The minimum atomic E-state index is -4.15. The van der Waals surface area contributed by atoms with Crippen molar-refractivity contribution in [1.29, 1.82) is 0 Å². The first-order valence-corrected chi connectivity index (χ1v) is 5.89. The number of hydrogen-bond donors (Lipinski definition) is 1. The summed E-state index contributed by atoms with van der Waals surface area (Å²) >= 11 is 0. The molecule has 4 nitrogen and oxygen atoms in total. The highest BCUT2D eigenvalue weighted by atomic mass is 19.3. The van der Waals surface area contributed by atoms with Crippen LogP contribution in [0.25, 0.3) is 0 Å². The summed E-state index contributed by atoms with van der Waals surface area (Å²) in [4.78, 5) is 0. The Hall–Kier alpha value is -1.15. The quantitative estimate of drug-likeness (QED) is 0.744. The molecule has 0 amide bonds. The van der Waals surface area contributed by atoms with E-state index in [1.165, 1.54) is 0 Å². The van der Waals surface area contributed by atoms with Crippen LogP contribution in [0.3, 0.4) is 0 Å². The Bertz CT molecular complexity index is 384. The van der Waals surface area contributed by atoms with E-state index in [-0.39, 0.29) is 6.61 Å². The summed E-state index contributed by atoms with van der Waals surface area (Å²) in [5, 5.41) is 4.03. The van der Waals surface area contributed by atoms with Crippen molar-refractivity contribution < 1.29 is 22.3 Å². The molecule has 1 aromatic heterocycles. The van der Waals surface area contributed by atoms with Gasteiger partial charge in [-0.1, -0.05) is 6.92 Å². The lowest BCUT2D eigenvalue weighted by atomic mass is 10.2. The molecular formula is C11H17F4N3O. The average Bonchev–Trinajstić information content (AvgIpc) is 2.77. The van der Waals surface area contributed by atoms with Crippen LogP contribution >= 0.6 is 0 Å². The molecule has 0 spiro atoms. The summed E-state index contributed by atoms with van der Waals surface area (Å²) in [6.07, 6.45) is -1.36. The predicted octanol–water partition coefficient (Wildman–Crippen LogP) is 2.21. The van der Waals surface area contributed by atoms with Gasteiger partial charge in [0.2, 0.25) is 0 Å². The van der Waals surface area contributed by atoms with Crippen LogP contribution < -0.4 is 5.73 Å². The highest BCUT2D eigenvalue weighted by molar-refractivity contribution is 5.06. The van der Waals surface area contributed by atoms with Crippen LogP contribution in [0.4, 0.5) is 17.6 Å². The maximum Gasteiger partial charge on any atom is 0.330 e. The molecule has 1 heterocycles. The average molecular weight is 283 g/mol. The van der Waals surface area contributed by atoms with Gasteiger partial charge in [0.15, 0.2) is 0 Å². The molecule has 1 atom stereocenters. The van der Waals surface area contributed by atoms with Gasteiger partial charge in [0.25, 0.3) is 0 Å². The fourth-order valence-electron chi connectivity index (χ4n) is 1.53. The SMILES string of the molecule is CCCn1nccc1C(N)COCC(F)(F)C(F)F. The molecule has 110 valence electrons. The van der Waals surface area contributed by atoms with E-state index in [0.717, 1.165) is 6.42 Å². The third-order valence-corrected chi connectivity index (χ3v) is 2.48. The number of aryl methyl sites for hydroxylation is 1. The van der Waals surface area contributed by atoms with Gasteiger partial charge >= 0.3 is 12.3 Å². The van der Waals surface area contributed by atoms with E-state index in [4.69, 9.17) is 5.73 Å². The highest BCUT2D eigenvalue weighted by Gasteiger charge is 2.41. The van der Waals surface area contributed by atoms with E-state index >= 15 is 0 Å². The third-order valence-electron chi connectivity index (χ3n) is 2.48. The number of nitrogens with two attached hydrogens (primary N) is 1. The van der Waals surface area contributed by atoms with E-state index < -0.39 is 25.0 Å². The molecule has 0 fully saturated rings. The Morgan fingerprint density at radius 3 is 2.74 bits per heavy atom. The van der Waals surface area contributed by atoms with Crippen molar-refractivity contribution in [2.75, 3.05) is 13.2 Å². The van der Waals surface area contributed by atoms with Crippen molar-refractivity contribution in [3.05, 3.63) is 18.0 Å². The smallest absolute Gasteiger partial charge is 0.330 e. The summed E-state index contributed by atoms with van der Waals surface area (Å²) in [6, 6.07) is 0.970. The van der Waals surface area contributed by atoms with Crippen molar-refractivity contribution >= 4 is 0 Å². The van der Waals surface area contributed by atoms with E-state index in [0.29, 0.717) is 12.2 Å². The molecule has 19 heavy (non-hydrogen) atoms. The Morgan fingerprint density at radius 2 is 2.16 bits per heavy atom. The van der Waals surface area contributed by atoms with Gasteiger partial charge in [-0.15, -0.1) is 0 Å². The molecule has 1 rings (SSSR count). The minimum absolute atomic E-state index is 0.266. The van der Waals surface area contributed by atoms with Crippen molar-refractivity contribution in [2.24, 2.45) is 5.73 Å². The maximum absolute atomic E-state index is 12.6. The van der Waals surface area contributed by atoms with Crippen molar-refractivity contribution in [2.45, 2.75) is 38.3 Å². The van der Waals surface area contributed by atoms with Crippen molar-refractivity contribution in [1.82, 2.24) is 9.78 Å². The van der Waals surface area contributed by atoms with E-state index in [2.05, 4.69) is 9.84 Å². The van der Waals surface area contributed by atoms with Gasteiger partial charge in [-0.3, -0.25) is 4.68 Å². The van der Waals surface area contributed by atoms with Gasteiger partial charge in [-0.2, -0.15) is 13.9 Å². The second-order valence-corrected chi connectivity index (χ2v) is 4.16. The van der Waals surface area contributed by atoms with Crippen LogP contribution in [0.15, 0.2) is 12.3 Å². The third kappa shape index (κ3) is 4.46. The van der Waals surface area contributed by atoms with Crippen LogP contribution in [0, 0.1) is 0 Å². The Labute approximate surface area is 108 Å². The van der Waals surface area contributed by atoms with E-state index in [9.17, 15) is 17.6 Å². The first kappa shape index (κ1) is 15.9. The standard InChI is InChI=1S/C11H17F4N3O/c1-2-5-18-9(3-4-17-18)8(16)6-19-7-11(14,15)10(12)13/h3-4,8,10H,2,5-7,16H2,1H3. The molecule has 1 aromatic rings. The number of ether oxygens (including phenoxy) is 1. The fourth-order valence-corrected chi connectivity index (χ4v) is 1.53. The van der Waals surface area contributed by atoms with Crippen molar-refractivity contribution in [3.8, 4) is 0 Å². The van der Waals surface area contributed by atoms with E-state index in [1.54, 1.807) is 16.9 Å². The molecule has 1 unspecified atom stereocenters. The summed E-state index contributed by atoms with van der Waals surface area (Å²) in [7, 11) is 0. The van der Waals surface area contributed by atoms with Gasteiger partial charge in [-0.25, -0.2) is 8.78 Å². The van der Waals surface area contributed by atoms with Gasteiger partial charge in [0.05, 0.1) is 18.3 Å². The van der Waals surface area contributed by atoms with E-state index in [1.807, 2.05) is 6.92 Å². The normalized spacial score (nSPS) is 14.1. The Kier molecular flexibility index (Phi) is 5.74. The first-order valence-electron chi connectivity index (χ1n) is 5.89. The van der Waals surface area contributed by atoms with Gasteiger partial charge in [0.1, 0.15) is 6.61 Å². The maximum atomic E-state index is 12.6. The Morgan fingerprint density at radius 1 is 1.47 bits per heavy atom. The van der Waals surface area contributed by atoms with Crippen molar-refractivity contribution in [3.63, 3.8) is 0 Å². The number of rotatable bonds is 8. The van der Waals surface area contributed by atoms with Crippen LogP contribution in [-0.4, -0.2) is 35.3 Å². The number of hydrogen-bond acceptors (Lipinski definition) is 3. The molecular weight excluding hydrogens is 266 g/mol. The minimum Gasteiger partial charge on any atom is -0.373 e. The number of alkyl halides is 4. The van der Waals surface area contributed by atoms with Crippen LogP contribution in [-0.2, 0) is 11.3 Å². The first-order chi connectivity index (χ1) is 8.88. The van der Waals surface area contributed by atoms with Crippen LogP contribution in [0.2, 0.25) is 0 Å². The van der Waals surface area contributed by atoms with Gasteiger partial charge < -0.3 is 10.5 Å². The van der Waals surface area contributed by atoms with Gasteiger partial charge in [0, 0.05) is 12.7 Å². The predicted molar refractivity (Wildman–Crippen MR) is 61.2 cm³/mol. The summed E-state index contributed by atoms with van der Waals surface area (Å²) in [5.74, 6) is -4.15. The lowest BCUT2D eigenvalue weighted by Crippen LogP contribution is -2.34. The fraction of sp³-hybridized carbons (Fsp3) is 0.727.